The lowest BCUT2D eigenvalue weighted by Crippen LogP contribution is -2.37. The van der Waals surface area contributed by atoms with Gasteiger partial charge < -0.3 is 9.73 Å². The molecule has 0 bridgehead atoms. The van der Waals surface area contributed by atoms with Gasteiger partial charge in [0.2, 0.25) is 0 Å². The summed E-state index contributed by atoms with van der Waals surface area (Å²) in [6, 6.07) is 14.4. The number of nitrogens with one attached hydrogen (secondary N) is 2. The molecule has 0 aliphatic heterocycles. The highest BCUT2D eigenvalue weighted by Gasteiger charge is 2.13. The zero-order valence-corrected chi connectivity index (χ0v) is 14.9. The van der Waals surface area contributed by atoms with Gasteiger partial charge in [0.25, 0.3) is 5.69 Å². The number of non-ortho nitro benzene ring substituents is 1. The Hall–Kier alpha value is -4.34. The summed E-state index contributed by atoms with van der Waals surface area (Å²) in [5, 5.41) is 16.9. The number of benzene rings is 1. The predicted molar refractivity (Wildman–Crippen MR) is 103 cm³/mol. The Morgan fingerprint density at radius 1 is 1.14 bits per heavy atom. The van der Waals surface area contributed by atoms with E-state index in [2.05, 4.69) is 20.8 Å². The standard InChI is InChI=1S/C19H15N5O5/c25-18(21-11-14-5-1-2-9-20-14)19(26)23-22-12-16-7-8-17(29-16)13-4-3-6-15(10-13)24(27)28/h1-10,12H,11H2,(H,21,25)(H,23,26)/b22-12+. The number of hydrogen-bond donors (Lipinski definition) is 2. The average Bonchev–Trinajstić information content (AvgIpc) is 3.21. The predicted octanol–water partition coefficient (Wildman–Crippen LogP) is 2.02. The fourth-order valence-electron chi connectivity index (χ4n) is 2.31. The first-order chi connectivity index (χ1) is 14.0. The van der Waals surface area contributed by atoms with E-state index in [0.717, 1.165) is 0 Å². The Morgan fingerprint density at radius 3 is 2.76 bits per heavy atom. The second-order valence-electron chi connectivity index (χ2n) is 5.71. The zero-order chi connectivity index (χ0) is 20.6. The van der Waals surface area contributed by atoms with Crippen LogP contribution in [0.5, 0.6) is 0 Å². The van der Waals surface area contributed by atoms with Gasteiger partial charge in [0.15, 0.2) is 0 Å². The molecule has 0 aliphatic carbocycles. The van der Waals surface area contributed by atoms with Crippen LogP contribution < -0.4 is 10.7 Å². The van der Waals surface area contributed by atoms with Crippen LogP contribution in [0.2, 0.25) is 0 Å². The third-order valence-corrected chi connectivity index (χ3v) is 3.69. The minimum Gasteiger partial charge on any atom is -0.455 e. The number of nitrogens with zero attached hydrogens (tertiary/aromatic N) is 3. The van der Waals surface area contributed by atoms with Gasteiger partial charge in [-0.25, -0.2) is 5.43 Å². The number of amides is 2. The van der Waals surface area contributed by atoms with Crippen LogP contribution in [0, 0.1) is 10.1 Å². The van der Waals surface area contributed by atoms with E-state index in [1.807, 2.05) is 0 Å². The van der Waals surface area contributed by atoms with Crippen LogP contribution in [0.1, 0.15) is 11.5 Å². The second-order valence-corrected chi connectivity index (χ2v) is 5.71. The maximum absolute atomic E-state index is 11.7. The quantitative estimate of drug-likeness (QED) is 0.284. The molecule has 2 aromatic heterocycles. The van der Waals surface area contributed by atoms with Crippen LogP contribution in [0.25, 0.3) is 11.3 Å². The largest absolute Gasteiger partial charge is 0.455 e. The fourth-order valence-corrected chi connectivity index (χ4v) is 2.31. The molecule has 146 valence electrons. The van der Waals surface area contributed by atoms with Crippen LogP contribution in [0.3, 0.4) is 0 Å². The lowest BCUT2D eigenvalue weighted by molar-refractivity contribution is -0.384. The van der Waals surface area contributed by atoms with Gasteiger partial charge in [0, 0.05) is 23.9 Å². The molecule has 0 spiro atoms. The van der Waals surface area contributed by atoms with Crippen molar-refractivity contribution >= 4 is 23.7 Å². The van der Waals surface area contributed by atoms with Crippen molar-refractivity contribution in [2.75, 3.05) is 0 Å². The molecule has 2 heterocycles. The Bertz CT molecular complexity index is 1060. The maximum atomic E-state index is 11.7. The molecular formula is C19H15N5O5. The summed E-state index contributed by atoms with van der Waals surface area (Å²) < 4.78 is 5.52. The van der Waals surface area contributed by atoms with Gasteiger partial charge in [-0.15, -0.1) is 0 Å². The van der Waals surface area contributed by atoms with Crippen molar-refractivity contribution in [1.82, 2.24) is 15.7 Å². The summed E-state index contributed by atoms with van der Waals surface area (Å²) in [4.78, 5) is 37.8. The van der Waals surface area contributed by atoms with E-state index in [9.17, 15) is 19.7 Å². The van der Waals surface area contributed by atoms with Crippen molar-refractivity contribution in [3.63, 3.8) is 0 Å². The van der Waals surface area contributed by atoms with Gasteiger partial charge in [-0.2, -0.15) is 5.10 Å². The molecule has 0 fully saturated rings. The summed E-state index contributed by atoms with van der Waals surface area (Å²) in [7, 11) is 0. The summed E-state index contributed by atoms with van der Waals surface area (Å²) in [6.45, 7) is 0.113. The number of nitro groups is 1. The fraction of sp³-hybridized carbons (Fsp3) is 0.0526. The molecule has 0 atom stereocenters. The Balaban J connectivity index is 1.54. The third-order valence-electron chi connectivity index (χ3n) is 3.69. The molecule has 1 aromatic carbocycles. The number of nitro benzene ring substituents is 1. The minimum atomic E-state index is -0.942. The van der Waals surface area contributed by atoms with Crippen molar-refractivity contribution < 1.29 is 18.9 Å². The average molecular weight is 393 g/mol. The molecular weight excluding hydrogens is 378 g/mol. The van der Waals surface area contributed by atoms with Crippen LogP contribution >= 0.6 is 0 Å². The number of hydrazone groups is 1. The Kier molecular flexibility index (Phi) is 6.05. The number of aromatic nitrogens is 1. The van der Waals surface area contributed by atoms with E-state index in [0.29, 0.717) is 22.8 Å². The molecule has 0 aliphatic rings. The number of carbonyl (C=O) groups excluding carboxylic acids is 2. The van der Waals surface area contributed by atoms with Crippen molar-refractivity contribution in [1.29, 1.82) is 0 Å². The monoisotopic (exact) mass is 393 g/mol. The van der Waals surface area contributed by atoms with Crippen LogP contribution in [0.4, 0.5) is 5.69 Å². The molecule has 0 unspecified atom stereocenters. The molecule has 10 heteroatoms. The molecule has 2 amide bonds. The highest BCUT2D eigenvalue weighted by Crippen LogP contribution is 2.25. The topological polar surface area (TPSA) is 140 Å². The highest BCUT2D eigenvalue weighted by molar-refractivity contribution is 6.35. The number of rotatable bonds is 6. The zero-order valence-electron chi connectivity index (χ0n) is 14.9. The second kappa shape index (κ2) is 9.04. The van der Waals surface area contributed by atoms with E-state index in [1.165, 1.54) is 18.3 Å². The van der Waals surface area contributed by atoms with Crippen LogP contribution in [0.15, 0.2) is 70.3 Å². The molecule has 0 saturated carbocycles. The van der Waals surface area contributed by atoms with E-state index in [4.69, 9.17) is 4.42 Å². The lowest BCUT2D eigenvalue weighted by atomic mass is 10.1. The van der Waals surface area contributed by atoms with Gasteiger partial charge in [-0.3, -0.25) is 24.7 Å². The molecule has 0 radical (unpaired) electrons. The first-order valence-electron chi connectivity index (χ1n) is 8.39. The maximum Gasteiger partial charge on any atom is 0.329 e. The van der Waals surface area contributed by atoms with E-state index >= 15 is 0 Å². The van der Waals surface area contributed by atoms with Crippen LogP contribution in [-0.2, 0) is 16.1 Å². The van der Waals surface area contributed by atoms with E-state index < -0.39 is 16.7 Å². The highest BCUT2D eigenvalue weighted by atomic mass is 16.6. The van der Waals surface area contributed by atoms with Crippen molar-refractivity contribution in [3.05, 3.63) is 82.4 Å². The van der Waals surface area contributed by atoms with Crippen molar-refractivity contribution in [2.24, 2.45) is 5.10 Å². The number of furan rings is 1. The molecule has 0 saturated heterocycles. The van der Waals surface area contributed by atoms with Gasteiger partial charge >= 0.3 is 11.8 Å². The molecule has 10 nitrogen and oxygen atoms in total. The summed E-state index contributed by atoms with van der Waals surface area (Å²) in [5.74, 6) is -1.11. The smallest absolute Gasteiger partial charge is 0.329 e. The van der Waals surface area contributed by atoms with E-state index in [1.54, 1.807) is 48.7 Å². The van der Waals surface area contributed by atoms with Gasteiger partial charge in [-0.05, 0) is 24.3 Å². The van der Waals surface area contributed by atoms with E-state index in [-0.39, 0.29) is 12.2 Å². The van der Waals surface area contributed by atoms with Crippen molar-refractivity contribution in [3.8, 4) is 11.3 Å². The first kappa shape index (κ1) is 19.4. The molecule has 3 aromatic rings. The van der Waals surface area contributed by atoms with Gasteiger partial charge in [0.1, 0.15) is 11.5 Å². The summed E-state index contributed by atoms with van der Waals surface area (Å²) >= 11 is 0. The van der Waals surface area contributed by atoms with Gasteiger partial charge in [-0.1, -0.05) is 18.2 Å². The third kappa shape index (κ3) is 5.32. The Morgan fingerprint density at radius 2 is 2.00 bits per heavy atom. The molecule has 29 heavy (non-hydrogen) atoms. The van der Waals surface area contributed by atoms with Gasteiger partial charge in [0.05, 0.1) is 23.4 Å². The normalized spacial score (nSPS) is 10.6. The number of carbonyl (C=O) groups is 2. The molecule has 3 rings (SSSR count). The van der Waals surface area contributed by atoms with Crippen LogP contribution in [-0.4, -0.2) is 27.9 Å². The SMILES string of the molecule is O=C(NCc1ccccn1)C(=O)N/N=C/c1ccc(-c2cccc([N+](=O)[O-])c2)o1. The minimum absolute atomic E-state index is 0.0573. The van der Waals surface area contributed by atoms with Crippen molar-refractivity contribution in [2.45, 2.75) is 6.54 Å². The number of pyridine rings is 1. The number of hydrogen-bond acceptors (Lipinski definition) is 7. The Labute approximate surface area is 164 Å². The summed E-state index contributed by atoms with van der Waals surface area (Å²) in [5.41, 5.74) is 3.17. The first-order valence-corrected chi connectivity index (χ1v) is 8.39. The summed E-state index contributed by atoms with van der Waals surface area (Å²) in [6.07, 6.45) is 2.79. The lowest BCUT2D eigenvalue weighted by Gasteiger charge is -2.02. The molecule has 2 N–H and O–H groups in total.